The van der Waals surface area contributed by atoms with Crippen molar-refractivity contribution in [3.8, 4) is 11.3 Å². The molecule has 4 rings (SSSR count). The van der Waals surface area contributed by atoms with E-state index in [1.807, 2.05) is 31.2 Å². The molecule has 116 valence electrons. The predicted molar refractivity (Wildman–Crippen MR) is 86.1 cm³/mol. The van der Waals surface area contributed by atoms with Crippen LogP contribution in [0.25, 0.3) is 16.9 Å². The molecule has 6 nitrogen and oxygen atoms in total. The van der Waals surface area contributed by atoms with Gasteiger partial charge in [0.15, 0.2) is 0 Å². The highest BCUT2D eigenvalue weighted by atomic mass is 16.1. The Morgan fingerprint density at radius 1 is 1.39 bits per heavy atom. The standard InChI is InChI=1S/C17H16N4O2/c1-3-17(20-10(2)22)12-7-5-4-6-11(12)13-14(17)21-9-8-18-15(21)16(23)19-13/h4-9H,3H2,1-2H3,(H,19,23)(H,20,22). The van der Waals surface area contributed by atoms with Crippen molar-refractivity contribution in [1.82, 2.24) is 19.7 Å². The quantitative estimate of drug-likeness (QED) is 0.757. The molecule has 0 radical (unpaired) electrons. The van der Waals surface area contributed by atoms with Gasteiger partial charge < -0.3 is 10.3 Å². The lowest BCUT2D eigenvalue weighted by Gasteiger charge is -2.31. The molecule has 1 unspecified atom stereocenters. The number of aromatic nitrogens is 3. The molecule has 1 aliphatic rings. The molecule has 6 heteroatoms. The summed E-state index contributed by atoms with van der Waals surface area (Å²) in [6, 6.07) is 7.83. The number of nitrogens with zero attached hydrogens (tertiary/aromatic N) is 2. The zero-order valence-corrected chi connectivity index (χ0v) is 12.9. The van der Waals surface area contributed by atoms with Gasteiger partial charge in [0.25, 0.3) is 5.56 Å². The van der Waals surface area contributed by atoms with Crippen molar-refractivity contribution in [2.75, 3.05) is 0 Å². The number of aromatic amines is 1. The predicted octanol–water partition coefficient (Wildman–Crippen LogP) is 1.79. The molecule has 1 aliphatic carbocycles. The number of hydrogen-bond acceptors (Lipinski definition) is 3. The highest BCUT2D eigenvalue weighted by molar-refractivity contribution is 5.82. The number of hydrogen-bond donors (Lipinski definition) is 2. The molecule has 1 amide bonds. The van der Waals surface area contributed by atoms with E-state index in [4.69, 9.17) is 0 Å². The van der Waals surface area contributed by atoms with Crippen molar-refractivity contribution < 1.29 is 4.79 Å². The van der Waals surface area contributed by atoms with E-state index >= 15 is 0 Å². The molecule has 2 heterocycles. The van der Waals surface area contributed by atoms with E-state index in [2.05, 4.69) is 15.3 Å². The fraction of sp³-hybridized carbons (Fsp3) is 0.235. The van der Waals surface area contributed by atoms with Crippen LogP contribution in [0.3, 0.4) is 0 Å². The average molecular weight is 308 g/mol. The van der Waals surface area contributed by atoms with Gasteiger partial charge in [0, 0.05) is 24.9 Å². The van der Waals surface area contributed by atoms with E-state index in [1.54, 1.807) is 16.8 Å². The Balaban J connectivity index is 2.20. The van der Waals surface area contributed by atoms with E-state index in [0.29, 0.717) is 12.1 Å². The summed E-state index contributed by atoms with van der Waals surface area (Å²) >= 11 is 0. The van der Waals surface area contributed by atoms with Crippen LogP contribution in [0.1, 0.15) is 31.5 Å². The zero-order valence-electron chi connectivity index (χ0n) is 12.9. The Kier molecular flexibility index (Phi) is 2.72. The number of rotatable bonds is 2. The summed E-state index contributed by atoms with van der Waals surface area (Å²) in [6.45, 7) is 3.53. The summed E-state index contributed by atoms with van der Waals surface area (Å²) in [4.78, 5) is 31.3. The van der Waals surface area contributed by atoms with Crippen molar-refractivity contribution in [2.24, 2.45) is 0 Å². The third-order valence-electron chi connectivity index (χ3n) is 4.54. The van der Waals surface area contributed by atoms with Gasteiger partial charge in [0.1, 0.15) is 5.54 Å². The number of carbonyl (C=O) groups excluding carboxylic acids is 1. The summed E-state index contributed by atoms with van der Waals surface area (Å²) in [6.07, 6.45) is 4.03. The van der Waals surface area contributed by atoms with Crippen LogP contribution in [0.15, 0.2) is 41.5 Å². The van der Waals surface area contributed by atoms with Crippen LogP contribution in [0, 0.1) is 0 Å². The maximum atomic E-state index is 12.3. The van der Waals surface area contributed by atoms with Crippen LogP contribution in [-0.4, -0.2) is 20.3 Å². The molecule has 1 atom stereocenters. The Morgan fingerprint density at radius 3 is 2.91 bits per heavy atom. The zero-order chi connectivity index (χ0) is 16.2. The number of imidazole rings is 1. The Bertz CT molecular complexity index is 1000. The summed E-state index contributed by atoms with van der Waals surface area (Å²) in [5.74, 6) is -0.117. The molecule has 2 N–H and O–H groups in total. The lowest BCUT2D eigenvalue weighted by atomic mass is 9.87. The Labute approximate surface area is 132 Å². The summed E-state index contributed by atoms with van der Waals surface area (Å²) in [5.41, 5.74) is 2.93. The SMILES string of the molecule is CCC1(NC(C)=O)c2ccccc2-c2[nH]c(=O)c3nccn3c21. The number of fused-ring (bicyclic) bond motifs is 5. The van der Waals surface area contributed by atoms with E-state index in [-0.39, 0.29) is 11.5 Å². The molecule has 23 heavy (non-hydrogen) atoms. The molecular weight excluding hydrogens is 292 g/mol. The molecule has 0 aliphatic heterocycles. The lowest BCUT2D eigenvalue weighted by Crippen LogP contribution is -2.45. The normalized spacial score (nSPS) is 18.7. The summed E-state index contributed by atoms with van der Waals surface area (Å²) in [7, 11) is 0. The van der Waals surface area contributed by atoms with Crippen molar-refractivity contribution in [3.63, 3.8) is 0 Å². The van der Waals surface area contributed by atoms with Crippen molar-refractivity contribution in [3.05, 3.63) is 58.3 Å². The van der Waals surface area contributed by atoms with Crippen molar-refractivity contribution >= 4 is 11.6 Å². The fourth-order valence-electron chi connectivity index (χ4n) is 3.69. The average Bonchev–Trinajstić information content (AvgIpc) is 3.10. The second-order valence-corrected chi connectivity index (χ2v) is 5.78. The van der Waals surface area contributed by atoms with Gasteiger partial charge in [0.05, 0.1) is 11.4 Å². The number of carbonyl (C=O) groups is 1. The molecule has 0 bridgehead atoms. The van der Waals surface area contributed by atoms with Crippen molar-refractivity contribution in [2.45, 2.75) is 25.8 Å². The van der Waals surface area contributed by atoms with Gasteiger partial charge in [-0.05, 0) is 12.0 Å². The van der Waals surface area contributed by atoms with E-state index in [1.165, 1.54) is 6.92 Å². The van der Waals surface area contributed by atoms with Gasteiger partial charge in [-0.25, -0.2) is 4.98 Å². The van der Waals surface area contributed by atoms with E-state index in [0.717, 1.165) is 22.5 Å². The van der Waals surface area contributed by atoms with Gasteiger partial charge >= 0.3 is 0 Å². The minimum atomic E-state index is -0.680. The van der Waals surface area contributed by atoms with Crippen LogP contribution in [-0.2, 0) is 10.3 Å². The first-order valence-electron chi connectivity index (χ1n) is 7.57. The maximum absolute atomic E-state index is 12.3. The first-order chi connectivity index (χ1) is 11.1. The molecule has 1 aromatic carbocycles. The first kappa shape index (κ1) is 13.8. The van der Waals surface area contributed by atoms with Crippen LogP contribution >= 0.6 is 0 Å². The third-order valence-corrected chi connectivity index (χ3v) is 4.54. The van der Waals surface area contributed by atoms with E-state index < -0.39 is 5.54 Å². The minimum absolute atomic E-state index is 0.117. The van der Waals surface area contributed by atoms with Gasteiger partial charge in [-0.2, -0.15) is 0 Å². The second-order valence-electron chi connectivity index (χ2n) is 5.78. The van der Waals surface area contributed by atoms with Gasteiger partial charge in [-0.1, -0.05) is 31.2 Å². The molecule has 0 saturated heterocycles. The first-order valence-corrected chi connectivity index (χ1v) is 7.57. The molecule has 2 aromatic heterocycles. The number of benzene rings is 1. The van der Waals surface area contributed by atoms with Gasteiger partial charge in [-0.15, -0.1) is 0 Å². The monoisotopic (exact) mass is 308 g/mol. The Morgan fingerprint density at radius 2 is 2.17 bits per heavy atom. The lowest BCUT2D eigenvalue weighted by molar-refractivity contribution is -0.120. The minimum Gasteiger partial charge on any atom is -0.341 e. The highest BCUT2D eigenvalue weighted by Crippen LogP contribution is 2.47. The van der Waals surface area contributed by atoms with E-state index in [9.17, 15) is 9.59 Å². The molecule has 0 spiro atoms. The summed E-state index contributed by atoms with van der Waals surface area (Å²) in [5, 5.41) is 3.11. The van der Waals surface area contributed by atoms with Gasteiger partial charge in [-0.3, -0.25) is 14.0 Å². The second kappa shape index (κ2) is 4.55. The molecule has 0 fully saturated rings. The number of nitrogens with one attached hydrogen (secondary N) is 2. The van der Waals surface area contributed by atoms with Crippen LogP contribution in [0.5, 0.6) is 0 Å². The van der Waals surface area contributed by atoms with Gasteiger partial charge in [0.2, 0.25) is 11.6 Å². The van der Waals surface area contributed by atoms with Crippen LogP contribution in [0.2, 0.25) is 0 Å². The number of amides is 1. The van der Waals surface area contributed by atoms with Crippen LogP contribution < -0.4 is 10.9 Å². The summed E-state index contributed by atoms with van der Waals surface area (Å²) < 4.78 is 1.79. The van der Waals surface area contributed by atoms with Crippen molar-refractivity contribution in [1.29, 1.82) is 0 Å². The highest BCUT2D eigenvalue weighted by Gasteiger charge is 2.45. The third kappa shape index (κ3) is 1.66. The Hall–Kier alpha value is -2.89. The topological polar surface area (TPSA) is 79.3 Å². The molecule has 0 saturated carbocycles. The largest absolute Gasteiger partial charge is 0.341 e. The maximum Gasteiger partial charge on any atom is 0.292 e. The smallest absolute Gasteiger partial charge is 0.292 e. The molecule has 3 aromatic rings. The number of H-pyrrole nitrogens is 1. The van der Waals surface area contributed by atoms with Crippen LogP contribution in [0.4, 0.5) is 0 Å². The fourth-order valence-corrected chi connectivity index (χ4v) is 3.69. The molecular formula is C17H16N4O2.